The summed E-state index contributed by atoms with van der Waals surface area (Å²) in [6.07, 6.45) is 4.68. The van der Waals surface area contributed by atoms with Crippen LogP contribution in [0.2, 0.25) is 0 Å². The molecule has 1 aromatic carbocycles. The van der Waals surface area contributed by atoms with Gasteiger partial charge in [-0.15, -0.1) is 0 Å². The number of rotatable bonds is 4. The largest absolute Gasteiger partial charge is 0.353 e. The smallest absolute Gasteiger partial charge is 0.342 e. The molecule has 7 nitrogen and oxygen atoms in total. The molecule has 3 aromatic heterocycles. The Hall–Kier alpha value is -3.88. The SMILES string of the molecule is Cc1cnc(-c2cc(F)ccc2F)cc1Nc1ccnc2cnn(C(=O)NC(C)C)c12. The second kappa shape index (κ2) is 8.10. The first kappa shape index (κ1) is 20.4. The van der Waals surface area contributed by atoms with Crippen LogP contribution >= 0.6 is 0 Å². The van der Waals surface area contributed by atoms with Crippen molar-refractivity contribution in [2.24, 2.45) is 0 Å². The maximum absolute atomic E-state index is 14.2. The lowest BCUT2D eigenvalue weighted by atomic mass is 10.1. The zero-order valence-electron chi connectivity index (χ0n) is 17.1. The number of carbonyl (C=O) groups excluding carboxylic acids is 1. The van der Waals surface area contributed by atoms with E-state index >= 15 is 0 Å². The number of amides is 1. The van der Waals surface area contributed by atoms with Gasteiger partial charge in [-0.25, -0.2) is 13.6 Å². The Balaban J connectivity index is 1.77. The predicted molar refractivity (Wildman–Crippen MR) is 114 cm³/mol. The lowest BCUT2D eigenvalue weighted by Gasteiger charge is -2.14. The van der Waals surface area contributed by atoms with Gasteiger partial charge in [0.05, 0.1) is 17.6 Å². The van der Waals surface area contributed by atoms with E-state index in [4.69, 9.17) is 0 Å². The lowest BCUT2D eigenvalue weighted by Crippen LogP contribution is -2.34. The third-order valence-electron chi connectivity index (χ3n) is 4.64. The highest BCUT2D eigenvalue weighted by Crippen LogP contribution is 2.30. The van der Waals surface area contributed by atoms with Gasteiger partial charge < -0.3 is 10.6 Å². The van der Waals surface area contributed by atoms with Crippen LogP contribution in [0.25, 0.3) is 22.3 Å². The Kier molecular flexibility index (Phi) is 5.33. The van der Waals surface area contributed by atoms with Gasteiger partial charge in [0.2, 0.25) is 0 Å². The van der Waals surface area contributed by atoms with Gasteiger partial charge in [-0.2, -0.15) is 9.78 Å². The Morgan fingerprint density at radius 3 is 2.65 bits per heavy atom. The molecule has 0 aliphatic rings. The van der Waals surface area contributed by atoms with Crippen LogP contribution in [0.4, 0.5) is 25.0 Å². The van der Waals surface area contributed by atoms with Crippen molar-refractivity contribution >= 4 is 28.4 Å². The molecule has 0 bridgehead atoms. The van der Waals surface area contributed by atoms with Gasteiger partial charge in [0.15, 0.2) is 0 Å². The number of pyridine rings is 2. The van der Waals surface area contributed by atoms with Crippen LogP contribution in [0.5, 0.6) is 0 Å². The molecule has 3 heterocycles. The molecule has 0 saturated heterocycles. The minimum absolute atomic E-state index is 0.0595. The molecule has 158 valence electrons. The first-order valence-electron chi connectivity index (χ1n) is 9.66. The second-order valence-corrected chi connectivity index (χ2v) is 7.39. The lowest BCUT2D eigenvalue weighted by molar-refractivity contribution is 0.238. The highest BCUT2D eigenvalue weighted by atomic mass is 19.1. The molecule has 0 unspecified atom stereocenters. The zero-order chi connectivity index (χ0) is 22.1. The molecule has 0 spiro atoms. The van der Waals surface area contributed by atoms with Crippen molar-refractivity contribution in [1.82, 2.24) is 25.1 Å². The number of aromatic nitrogens is 4. The van der Waals surface area contributed by atoms with Crippen LogP contribution in [-0.4, -0.2) is 31.8 Å². The summed E-state index contributed by atoms with van der Waals surface area (Å²) in [4.78, 5) is 21.1. The van der Waals surface area contributed by atoms with E-state index in [0.717, 1.165) is 23.8 Å². The van der Waals surface area contributed by atoms with Gasteiger partial charge in [0, 0.05) is 29.7 Å². The number of benzene rings is 1. The van der Waals surface area contributed by atoms with E-state index in [1.807, 2.05) is 20.8 Å². The van der Waals surface area contributed by atoms with Crippen molar-refractivity contribution in [2.45, 2.75) is 26.8 Å². The monoisotopic (exact) mass is 422 g/mol. The minimum Gasteiger partial charge on any atom is -0.353 e. The normalized spacial score (nSPS) is 11.2. The summed E-state index contributed by atoms with van der Waals surface area (Å²) in [5.41, 5.74) is 3.36. The maximum Gasteiger partial charge on any atom is 0.342 e. The van der Waals surface area contributed by atoms with E-state index in [1.165, 1.54) is 10.9 Å². The number of carbonyl (C=O) groups is 1. The van der Waals surface area contributed by atoms with Gasteiger partial charge in [0.25, 0.3) is 0 Å². The topological polar surface area (TPSA) is 84.7 Å². The predicted octanol–water partition coefficient (Wildman–Crippen LogP) is 4.79. The summed E-state index contributed by atoms with van der Waals surface area (Å²) < 4.78 is 29.1. The van der Waals surface area contributed by atoms with Crippen LogP contribution in [0, 0.1) is 18.6 Å². The molecule has 9 heteroatoms. The fourth-order valence-electron chi connectivity index (χ4n) is 3.16. The van der Waals surface area contributed by atoms with Crippen molar-refractivity contribution < 1.29 is 13.6 Å². The van der Waals surface area contributed by atoms with Crippen molar-refractivity contribution in [1.29, 1.82) is 0 Å². The molecule has 31 heavy (non-hydrogen) atoms. The zero-order valence-corrected chi connectivity index (χ0v) is 17.1. The summed E-state index contributed by atoms with van der Waals surface area (Å²) >= 11 is 0. The Morgan fingerprint density at radius 2 is 1.87 bits per heavy atom. The Morgan fingerprint density at radius 1 is 1.06 bits per heavy atom. The third-order valence-corrected chi connectivity index (χ3v) is 4.64. The Labute approximate surface area is 177 Å². The molecular weight excluding hydrogens is 402 g/mol. The summed E-state index contributed by atoms with van der Waals surface area (Å²) in [6, 6.07) is 6.13. The number of nitrogens with zero attached hydrogens (tertiary/aromatic N) is 4. The molecular formula is C22H20F2N6O. The van der Waals surface area contributed by atoms with E-state index < -0.39 is 11.6 Å². The van der Waals surface area contributed by atoms with E-state index in [1.54, 1.807) is 24.5 Å². The average Bonchev–Trinajstić information content (AvgIpc) is 3.16. The summed E-state index contributed by atoms with van der Waals surface area (Å²) in [5, 5.41) is 10.2. The number of fused-ring (bicyclic) bond motifs is 1. The minimum atomic E-state index is -0.571. The molecule has 0 saturated carbocycles. The quantitative estimate of drug-likeness (QED) is 0.494. The van der Waals surface area contributed by atoms with Gasteiger partial charge in [-0.05, 0) is 56.7 Å². The summed E-state index contributed by atoms with van der Waals surface area (Å²) in [7, 11) is 0. The number of halogens is 2. The van der Waals surface area contributed by atoms with E-state index in [-0.39, 0.29) is 23.3 Å². The van der Waals surface area contributed by atoms with Crippen LogP contribution in [0.15, 0.2) is 48.9 Å². The number of anilines is 2. The number of hydrogen-bond donors (Lipinski definition) is 2. The fraction of sp³-hybridized carbons (Fsp3) is 0.182. The van der Waals surface area contributed by atoms with Crippen LogP contribution < -0.4 is 10.6 Å². The maximum atomic E-state index is 14.2. The summed E-state index contributed by atoms with van der Waals surface area (Å²) in [6.45, 7) is 5.55. The standard InChI is InChI=1S/C22H20F2N6O/c1-12(2)28-22(31)30-21-17(6-7-25-20(21)11-27-30)29-18-9-19(26-10-13(18)3)15-8-14(23)4-5-16(15)24/h4-12H,1-3H3,(H,28,31)(H,25,26,29). The van der Waals surface area contributed by atoms with Crippen molar-refractivity contribution in [3.63, 3.8) is 0 Å². The number of aryl methyl sites for hydroxylation is 1. The number of hydrogen-bond acceptors (Lipinski definition) is 5. The average molecular weight is 422 g/mol. The van der Waals surface area contributed by atoms with Gasteiger partial charge in [-0.1, -0.05) is 0 Å². The molecule has 0 aliphatic carbocycles. The fourth-order valence-corrected chi connectivity index (χ4v) is 3.16. The molecule has 0 aliphatic heterocycles. The first-order valence-corrected chi connectivity index (χ1v) is 9.66. The first-order chi connectivity index (χ1) is 14.8. The second-order valence-electron chi connectivity index (χ2n) is 7.39. The van der Waals surface area contributed by atoms with Gasteiger partial charge in [0.1, 0.15) is 22.7 Å². The van der Waals surface area contributed by atoms with Gasteiger partial charge >= 0.3 is 6.03 Å². The summed E-state index contributed by atoms with van der Waals surface area (Å²) in [5.74, 6) is -1.12. The molecule has 4 rings (SSSR count). The molecule has 4 aromatic rings. The highest BCUT2D eigenvalue weighted by molar-refractivity contribution is 5.96. The highest BCUT2D eigenvalue weighted by Gasteiger charge is 2.17. The number of nitrogens with one attached hydrogen (secondary N) is 2. The van der Waals surface area contributed by atoms with Crippen LogP contribution in [0.1, 0.15) is 19.4 Å². The van der Waals surface area contributed by atoms with E-state index in [0.29, 0.717) is 22.4 Å². The third kappa shape index (κ3) is 4.07. The molecule has 0 radical (unpaired) electrons. The van der Waals surface area contributed by atoms with Crippen molar-refractivity contribution in [3.8, 4) is 11.3 Å². The Bertz CT molecular complexity index is 1280. The molecule has 1 amide bonds. The van der Waals surface area contributed by atoms with Gasteiger partial charge in [-0.3, -0.25) is 9.97 Å². The molecule has 0 fully saturated rings. The molecule has 2 N–H and O–H groups in total. The molecule has 0 atom stereocenters. The van der Waals surface area contributed by atoms with E-state index in [2.05, 4.69) is 25.7 Å². The van der Waals surface area contributed by atoms with Crippen LogP contribution in [0.3, 0.4) is 0 Å². The van der Waals surface area contributed by atoms with Crippen LogP contribution in [-0.2, 0) is 0 Å². The van der Waals surface area contributed by atoms with Crippen molar-refractivity contribution in [3.05, 3.63) is 66.1 Å². The van der Waals surface area contributed by atoms with Crippen molar-refractivity contribution in [2.75, 3.05) is 5.32 Å². The van der Waals surface area contributed by atoms with E-state index in [9.17, 15) is 13.6 Å².